The molecule has 6 rings (SSSR count). The molecule has 3 aromatic rings. The van der Waals surface area contributed by atoms with E-state index in [4.69, 9.17) is 55.9 Å². The van der Waals surface area contributed by atoms with Crippen molar-refractivity contribution in [3.05, 3.63) is 97.9 Å². The Morgan fingerprint density at radius 2 is 1.42 bits per heavy atom. The highest BCUT2D eigenvalue weighted by Gasteiger charge is 2.47. The van der Waals surface area contributed by atoms with Crippen LogP contribution in [0.4, 0.5) is 10.5 Å². The molecule has 0 aromatic heterocycles. The van der Waals surface area contributed by atoms with Gasteiger partial charge >= 0.3 is 6.09 Å². The van der Waals surface area contributed by atoms with Crippen molar-refractivity contribution in [2.75, 3.05) is 50.8 Å². The van der Waals surface area contributed by atoms with Crippen molar-refractivity contribution < 1.29 is 19.1 Å². The van der Waals surface area contributed by atoms with Crippen molar-refractivity contribution in [2.45, 2.75) is 30.4 Å². The highest BCUT2D eigenvalue weighted by atomic mass is 35.5. The summed E-state index contributed by atoms with van der Waals surface area (Å²) in [5, 5.41) is 2.14. The Bertz CT molecular complexity index is 1500. The Labute approximate surface area is 271 Å². The number of rotatable bonds is 7. The number of hydrogen-bond donors (Lipinski definition) is 0. The molecule has 3 aromatic carbocycles. The molecule has 0 radical (unpaired) electrons. The van der Waals surface area contributed by atoms with Crippen LogP contribution >= 0.6 is 46.4 Å². The number of carbonyl (C=O) groups is 2. The van der Waals surface area contributed by atoms with Gasteiger partial charge in [-0.15, -0.1) is 0 Å². The van der Waals surface area contributed by atoms with Gasteiger partial charge in [-0.3, -0.25) is 9.69 Å². The maximum absolute atomic E-state index is 13.1. The van der Waals surface area contributed by atoms with Gasteiger partial charge in [0.1, 0.15) is 18.8 Å². The lowest BCUT2D eigenvalue weighted by atomic mass is 9.79. The summed E-state index contributed by atoms with van der Waals surface area (Å²) in [6.45, 7) is 3.44. The van der Waals surface area contributed by atoms with Crippen molar-refractivity contribution in [2.24, 2.45) is 0 Å². The molecule has 7 nitrogen and oxygen atoms in total. The van der Waals surface area contributed by atoms with Crippen molar-refractivity contribution >= 4 is 64.1 Å². The fourth-order valence-electron chi connectivity index (χ4n) is 6.52. The van der Waals surface area contributed by atoms with E-state index < -0.39 is 11.1 Å². The summed E-state index contributed by atoms with van der Waals surface area (Å²) < 4.78 is 11.8. The Morgan fingerprint density at radius 1 is 0.767 bits per heavy atom. The second-order valence-corrected chi connectivity index (χ2v) is 13.0. The van der Waals surface area contributed by atoms with Crippen molar-refractivity contribution in [1.29, 1.82) is 0 Å². The molecular formula is C32H31Cl4N3O4. The lowest BCUT2D eigenvalue weighted by Crippen LogP contribution is -2.56. The average molecular weight is 663 g/mol. The molecule has 3 heterocycles. The van der Waals surface area contributed by atoms with Gasteiger partial charge in [0.05, 0.1) is 28.7 Å². The van der Waals surface area contributed by atoms with E-state index in [-0.39, 0.29) is 18.6 Å². The number of hydrogen-bond acceptors (Lipinski definition) is 5. The number of cyclic esters (lactones) is 1. The zero-order valence-electron chi connectivity index (χ0n) is 23.4. The number of amides is 2. The number of ether oxygens (including phenoxy) is 2. The highest BCUT2D eigenvalue weighted by Crippen LogP contribution is 2.43. The minimum absolute atomic E-state index is 0.0698. The first-order valence-corrected chi connectivity index (χ1v) is 15.8. The number of benzene rings is 3. The van der Waals surface area contributed by atoms with Gasteiger partial charge in [-0.05, 0) is 78.9 Å². The van der Waals surface area contributed by atoms with E-state index in [1.54, 1.807) is 23.1 Å². The first-order chi connectivity index (χ1) is 20.7. The normalized spacial score (nSPS) is 22.6. The Balaban J connectivity index is 1.24. The van der Waals surface area contributed by atoms with Crippen LogP contribution in [0.15, 0.2) is 66.7 Å². The number of morpholine rings is 1. The molecule has 3 saturated heterocycles. The van der Waals surface area contributed by atoms with E-state index in [1.165, 1.54) is 0 Å². The number of carbonyl (C=O) groups excluding carboxylic acids is 2. The molecule has 0 bridgehead atoms. The molecule has 0 saturated carbocycles. The van der Waals surface area contributed by atoms with Crippen molar-refractivity contribution in [1.82, 2.24) is 9.80 Å². The van der Waals surface area contributed by atoms with Gasteiger partial charge in [0.25, 0.3) is 5.91 Å². The lowest BCUT2D eigenvalue weighted by Gasteiger charge is -2.48. The minimum atomic E-state index is -0.814. The third-order valence-electron chi connectivity index (χ3n) is 8.94. The summed E-state index contributed by atoms with van der Waals surface area (Å²) in [6, 6.07) is 20.5. The van der Waals surface area contributed by atoms with Crippen LogP contribution in [0.3, 0.4) is 0 Å². The highest BCUT2D eigenvalue weighted by molar-refractivity contribution is 6.42. The SMILES string of the molecule is O=C1COC(CCN2CCC(c3ccc(Cl)cc3)(N3CCOC3=O)CC2)(c2ccc(Cl)c(Cl)c2)CN1c1ccc(Cl)cc1. The smallest absolute Gasteiger partial charge is 0.410 e. The zero-order valence-corrected chi connectivity index (χ0v) is 26.4. The summed E-state index contributed by atoms with van der Waals surface area (Å²) in [6.07, 6.45) is 1.84. The van der Waals surface area contributed by atoms with Gasteiger partial charge in [0.2, 0.25) is 0 Å². The molecular weight excluding hydrogens is 632 g/mol. The minimum Gasteiger partial charge on any atom is -0.448 e. The first kappa shape index (κ1) is 30.5. The van der Waals surface area contributed by atoms with E-state index in [1.807, 2.05) is 53.4 Å². The van der Waals surface area contributed by atoms with Gasteiger partial charge in [-0.25, -0.2) is 4.79 Å². The van der Waals surface area contributed by atoms with Gasteiger partial charge in [0, 0.05) is 35.4 Å². The molecule has 1 unspecified atom stereocenters. The molecule has 0 spiro atoms. The van der Waals surface area contributed by atoms with Crippen LogP contribution in [0.2, 0.25) is 20.1 Å². The first-order valence-electron chi connectivity index (χ1n) is 14.3. The van der Waals surface area contributed by atoms with E-state index in [0.29, 0.717) is 52.8 Å². The van der Waals surface area contributed by atoms with Crippen LogP contribution in [0.5, 0.6) is 0 Å². The molecule has 3 fully saturated rings. The van der Waals surface area contributed by atoms with E-state index >= 15 is 0 Å². The van der Waals surface area contributed by atoms with Crippen molar-refractivity contribution in [3.63, 3.8) is 0 Å². The standard InChI is InChI=1S/C32H31Cl4N3O4/c33-24-4-1-22(2-5-24)31(39-17-18-42-30(39)41)11-14-37(15-12-31)16-13-32(23-3-10-27(35)28(36)19-23)21-38(29(40)20-43-32)26-8-6-25(34)7-9-26/h1-10,19H,11-18,20-21H2. The number of likely N-dealkylation sites (tertiary alicyclic amines) is 1. The predicted octanol–water partition coefficient (Wildman–Crippen LogP) is 7.39. The summed E-state index contributed by atoms with van der Waals surface area (Å²) in [5.41, 5.74) is 1.40. The molecule has 1 atom stereocenters. The van der Waals surface area contributed by atoms with Gasteiger partial charge in [0.15, 0.2) is 0 Å². The molecule has 226 valence electrons. The molecule has 3 aliphatic heterocycles. The fraction of sp³-hybridized carbons (Fsp3) is 0.375. The third kappa shape index (κ3) is 6.08. The zero-order chi connectivity index (χ0) is 30.2. The fourth-order valence-corrected chi connectivity index (χ4v) is 7.07. The molecule has 43 heavy (non-hydrogen) atoms. The quantitative estimate of drug-likeness (QED) is 0.264. The third-order valence-corrected chi connectivity index (χ3v) is 10.2. The maximum atomic E-state index is 13.1. The van der Waals surface area contributed by atoms with Crippen LogP contribution in [0.25, 0.3) is 0 Å². The lowest BCUT2D eigenvalue weighted by molar-refractivity contribution is -0.141. The molecule has 3 aliphatic rings. The van der Waals surface area contributed by atoms with Crippen LogP contribution in [0.1, 0.15) is 30.4 Å². The maximum Gasteiger partial charge on any atom is 0.410 e. The topological polar surface area (TPSA) is 62.3 Å². The van der Waals surface area contributed by atoms with Crippen LogP contribution < -0.4 is 4.90 Å². The molecule has 0 aliphatic carbocycles. The van der Waals surface area contributed by atoms with E-state index in [0.717, 1.165) is 42.7 Å². The summed E-state index contributed by atoms with van der Waals surface area (Å²) in [7, 11) is 0. The number of nitrogens with zero attached hydrogens (tertiary/aromatic N) is 3. The molecule has 11 heteroatoms. The van der Waals surface area contributed by atoms with Crippen molar-refractivity contribution in [3.8, 4) is 0 Å². The van der Waals surface area contributed by atoms with E-state index in [2.05, 4.69) is 4.90 Å². The Morgan fingerprint density at radius 3 is 2.05 bits per heavy atom. The van der Waals surface area contributed by atoms with Crippen LogP contribution in [0, 0.1) is 0 Å². The van der Waals surface area contributed by atoms with Gasteiger partial charge in [-0.2, -0.15) is 0 Å². The Kier molecular flexibility index (Phi) is 8.84. The van der Waals surface area contributed by atoms with Crippen LogP contribution in [-0.2, 0) is 25.4 Å². The summed E-state index contributed by atoms with van der Waals surface area (Å²) in [4.78, 5) is 31.9. The number of piperidine rings is 1. The Hall–Kier alpha value is -2.52. The predicted molar refractivity (Wildman–Crippen MR) is 169 cm³/mol. The second kappa shape index (κ2) is 12.5. The average Bonchev–Trinajstić information content (AvgIpc) is 3.46. The molecule has 0 N–H and O–H groups in total. The number of anilines is 1. The summed E-state index contributed by atoms with van der Waals surface area (Å²) in [5.74, 6) is -0.124. The van der Waals surface area contributed by atoms with E-state index in [9.17, 15) is 9.59 Å². The van der Waals surface area contributed by atoms with Crippen LogP contribution in [-0.4, -0.2) is 67.7 Å². The van der Waals surface area contributed by atoms with Gasteiger partial charge in [-0.1, -0.05) is 64.6 Å². The summed E-state index contributed by atoms with van der Waals surface area (Å²) >= 11 is 25.1. The monoisotopic (exact) mass is 661 g/mol. The second-order valence-electron chi connectivity index (χ2n) is 11.3. The number of halogens is 4. The largest absolute Gasteiger partial charge is 0.448 e. The van der Waals surface area contributed by atoms with Gasteiger partial charge < -0.3 is 19.3 Å². The molecule has 2 amide bonds.